The van der Waals surface area contributed by atoms with Gasteiger partial charge in [-0.1, -0.05) is 6.07 Å². The second kappa shape index (κ2) is 7.73. The van der Waals surface area contributed by atoms with Gasteiger partial charge in [-0.3, -0.25) is 9.69 Å². The van der Waals surface area contributed by atoms with E-state index < -0.39 is 11.5 Å². The van der Waals surface area contributed by atoms with Crippen molar-refractivity contribution in [1.82, 2.24) is 4.90 Å². The minimum absolute atomic E-state index is 0.0356. The topological polar surface area (TPSA) is 49.8 Å². The number of hydrogen-bond acceptors (Lipinski definition) is 4. The molecule has 0 heterocycles. The van der Waals surface area contributed by atoms with E-state index in [0.717, 1.165) is 0 Å². The Morgan fingerprint density at radius 3 is 2.50 bits per heavy atom. The zero-order valence-corrected chi connectivity index (χ0v) is 13.3. The first-order chi connectivity index (χ1) is 10.1. The quantitative estimate of drug-likeness (QED) is 0.771. The molecule has 0 saturated heterocycles. The molecule has 0 aliphatic heterocycles. The zero-order chi connectivity index (χ0) is 16.9. The van der Waals surface area contributed by atoms with Crippen LogP contribution >= 0.6 is 11.8 Å². The summed E-state index contributed by atoms with van der Waals surface area (Å²) in [6.07, 6.45) is 0. The maximum Gasteiger partial charge on any atom is 0.446 e. The van der Waals surface area contributed by atoms with Crippen LogP contribution in [0.1, 0.15) is 19.4 Å². The van der Waals surface area contributed by atoms with Gasteiger partial charge in [0, 0.05) is 12.6 Å². The van der Waals surface area contributed by atoms with Crippen molar-refractivity contribution in [2.45, 2.75) is 36.8 Å². The van der Waals surface area contributed by atoms with Crippen LogP contribution in [0.15, 0.2) is 23.1 Å². The van der Waals surface area contributed by atoms with Crippen LogP contribution in [0.3, 0.4) is 0 Å². The van der Waals surface area contributed by atoms with Crippen molar-refractivity contribution in [2.24, 2.45) is 0 Å². The van der Waals surface area contributed by atoms with Crippen molar-refractivity contribution in [2.75, 3.05) is 13.7 Å². The number of carboxylic acids is 1. The molecule has 0 aliphatic rings. The van der Waals surface area contributed by atoms with E-state index in [2.05, 4.69) is 0 Å². The van der Waals surface area contributed by atoms with Crippen molar-refractivity contribution in [3.8, 4) is 5.75 Å². The number of hydrogen-bond donors (Lipinski definition) is 1. The summed E-state index contributed by atoms with van der Waals surface area (Å²) < 4.78 is 42.6. The second-order valence-electron chi connectivity index (χ2n) is 4.93. The standard InChI is InChI=1S/C14H18F3NO3S/c1-9(2)18(8-13(19)20)7-10-4-5-11(21-3)12(6-10)22-14(15,16)17/h4-6,9H,7-8H2,1-3H3,(H,19,20). The lowest BCUT2D eigenvalue weighted by molar-refractivity contribution is -0.138. The highest BCUT2D eigenvalue weighted by Gasteiger charge is 2.31. The van der Waals surface area contributed by atoms with E-state index in [1.165, 1.54) is 19.2 Å². The Bertz CT molecular complexity index is 521. The predicted molar refractivity (Wildman–Crippen MR) is 78.1 cm³/mol. The van der Waals surface area contributed by atoms with Crippen molar-refractivity contribution in [1.29, 1.82) is 0 Å². The molecule has 0 bridgehead atoms. The monoisotopic (exact) mass is 337 g/mol. The van der Waals surface area contributed by atoms with Gasteiger partial charge >= 0.3 is 11.5 Å². The Labute approximate surface area is 131 Å². The number of ether oxygens (including phenoxy) is 1. The van der Waals surface area contributed by atoms with Crippen molar-refractivity contribution >= 4 is 17.7 Å². The van der Waals surface area contributed by atoms with Crippen molar-refractivity contribution in [3.63, 3.8) is 0 Å². The Morgan fingerprint density at radius 2 is 2.05 bits per heavy atom. The van der Waals surface area contributed by atoms with Gasteiger partial charge in [-0.25, -0.2) is 0 Å². The van der Waals surface area contributed by atoms with Crippen LogP contribution in [0, 0.1) is 0 Å². The molecule has 124 valence electrons. The van der Waals surface area contributed by atoms with Crippen LogP contribution in [0.5, 0.6) is 5.75 Å². The van der Waals surface area contributed by atoms with Gasteiger partial charge in [0.2, 0.25) is 0 Å². The highest BCUT2D eigenvalue weighted by molar-refractivity contribution is 8.00. The largest absolute Gasteiger partial charge is 0.496 e. The molecule has 1 aromatic rings. The number of rotatable bonds is 7. The second-order valence-corrected chi connectivity index (χ2v) is 6.03. The molecule has 0 radical (unpaired) electrons. The molecule has 1 rings (SSSR count). The summed E-state index contributed by atoms with van der Waals surface area (Å²) in [6.45, 7) is 3.74. The lowest BCUT2D eigenvalue weighted by Gasteiger charge is -2.25. The maximum absolute atomic E-state index is 12.6. The van der Waals surface area contributed by atoms with Gasteiger partial charge < -0.3 is 9.84 Å². The van der Waals surface area contributed by atoms with E-state index >= 15 is 0 Å². The van der Waals surface area contributed by atoms with Gasteiger partial charge in [-0.15, -0.1) is 0 Å². The first-order valence-corrected chi connectivity index (χ1v) is 7.32. The van der Waals surface area contributed by atoms with E-state index in [0.29, 0.717) is 5.56 Å². The van der Waals surface area contributed by atoms with Crippen molar-refractivity contribution < 1.29 is 27.8 Å². The SMILES string of the molecule is COc1ccc(CN(CC(=O)O)C(C)C)cc1SC(F)(F)F. The third-order valence-corrected chi connectivity index (χ3v) is 3.68. The molecule has 0 unspecified atom stereocenters. The van der Waals surface area contributed by atoms with Crippen LogP contribution in [0.25, 0.3) is 0 Å². The average molecular weight is 337 g/mol. The third kappa shape index (κ3) is 6.15. The summed E-state index contributed by atoms with van der Waals surface area (Å²) in [6, 6.07) is 4.44. The number of nitrogens with zero attached hydrogens (tertiary/aromatic N) is 1. The van der Waals surface area contributed by atoms with Crippen LogP contribution in [-0.2, 0) is 11.3 Å². The van der Waals surface area contributed by atoms with Gasteiger partial charge in [0.1, 0.15) is 5.75 Å². The Morgan fingerprint density at radius 1 is 1.41 bits per heavy atom. The fraction of sp³-hybridized carbons (Fsp3) is 0.500. The Kier molecular flexibility index (Phi) is 6.55. The summed E-state index contributed by atoms with van der Waals surface area (Å²) in [5.41, 5.74) is -3.81. The molecule has 4 nitrogen and oxygen atoms in total. The first-order valence-electron chi connectivity index (χ1n) is 6.51. The summed E-state index contributed by atoms with van der Waals surface area (Å²) in [7, 11) is 1.31. The molecule has 22 heavy (non-hydrogen) atoms. The number of methoxy groups -OCH3 is 1. The lowest BCUT2D eigenvalue weighted by atomic mass is 10.2. The molecule has 0 saturated carbocycles. The summed E-state index contributed by atoms with van der Waals surface area (Å²) in [5.74, 6) is -0.840. The van der Waals surface area contributed by atoms with E-state index in [1.807, 2.05) is 13.8 Å². The molecule has 8 heteroatoms. The first kappa shape index (κ1) is 18.6. The minimum Gasteiger partial charge on any atom is -0.496 e. The van der Waals surface area contributed by atoms with Crippen LogP contribution in [-0.4, -0.2) is 41.2 Å². The number of halogens is 3. The number of alkyl halides is 3. The fourth-order valence-corrected chi connectivity index (χ4v) is 2.56. The molecular weight excluding hydrogens is 319 g/mol. The van der Waals surface area contributed by atoms with E-state index in [4.69, 9.17) is 9.84 Å². The summed E-state index contributed by atoms with van der Waals surface area (Å²) in [5, 5.41) is 8.89. The molecule has 0 fully saturated rings. The number of carbonyl (C=O) groups is 1. The van der Waals surface area contributed by atoms with Crippen LogP contribution in [0.2, 0.25) is 0 Å². The van der Waals surface area contributed by atoms with Crippen LogP contribution in [0.4, 0.5) is 13.2 Å². The van der Waals surface area contributed by atoms with E-state index in [-0.39, 0.29) is 41.5 Å². The number of thioether (sulfide) groups is 1. The number of carboxylic acid groups (broad SMARTS) is 1. The zero-order valence-electron chi connectivity index (χ0n) is 12.5. The molecular formula is C14H18F3NO3S. The van der Waals surface area contributed by atoms with Gasteiger partial charge in [0.05, 0.1) is 18.6 Å². The number of benzene rings is 1. The molecule has 0 spiro atoms. The van der Waals surface area contributed by atoms with Gasteiger partial charge in [0.15, 0.2) is 0 Å². The highest BCUT2D eigenvalue weighted by atomic mass is 32.2. The Balaban J connectivity index is 2.99. The van der Waals surface area contributed by atoms with E-state index in [9.17, 15) is 18.0 Å². The Hall–Kier alpha value is -1.41. The molecule has 1 aromatic carbocycles. The molecule has 0 amide bonds. The molecule has 0 aromatic heterocycles. The average Bonchev–Trinajstić information content (AvgIpc) is 2.35. The number of aliphatic carboxylic acids is 1. The summed E-state index contributed by atoms with van der Waals surface area (Å²) >= 11 is -0.244. The van der Waals surface area contributed by atoms with Crippen molar-refractivity contribution in [3.05, 3.63) is 23.8 Å². The predicted octanol–water partition coefficient (Wildman–Crippen LogP) is 3.60. The summed E-state index contributed by atoms with van der Waals surface area (Å²) in [4.78, 5) is 12.5. The van der Waals surface area contributed by atoms with Gasteiger partial charge in [-0.05, 0) is 43.3 Å². The fourth-order valence-electron chi connectivity index (χ4n) is 1.85. The normalized spacial score (nSPS) is 12.0. The highest BCUT2D eigenvalue weighted by Crippen LogP contribution is 2.41. The van der Waals surface area contributed by atoms with Gasteiger partial charge in [-0.2, -0.15) is 13.2 Å². The maximum atomic E-state index is 12.6. The van der Waals surface area contributed by atoms with E-state index in [1.54, 1.807) is 11.0 Å². The molecule has 0 aliphatic carbocycles. The molecule has 0 atom stereocenters. The smallest absolute Gasteiger partial charge is 0.446 e. The van der Waals surface area contributed by atoms with Gasteiger partial charge in [0.25, 0.3) is 0 Å². The lowest BCUT2D eigenvalue weighted by Crippen LogP contribution is -2.35. The molecule has 1 N–H and O–H groups in total. The minimum atomic E-state index is -4.41. The van der Waals surface area contributed by atoms with Crippen LogP contribution < -0.4 is 4.74 Å². The third-order valence-electron chi connectivity index (χ3n) is 2.91.